The van der Waals surface area contributed by atoms with E-state index in [1.54, 1.807) is 0 Å². The lowest BCUT2D eigenvalue weighted by atomic mass is 9.74. The molecule has 0 saturated heterocycles. The van der Waals surface area contributed by atoms with Crippen molar-refractivity contribution in [3.63, 3.8) is 0 Å². The molecule has 1 unspecified atom stereocenters. The molecule has 1 N–H and O–H groups in total. The summed E-state index contributed by atoms with van der Waals surface area (Å²) in [5.74, 6) is 1.39. The van der Waals surface area contributed by atoms with Gasteiger partial charge in [0.2, 0.25) is 0 Å². The van der Waals surface area contributed by atoms with E-state index in [2.05, 4.69) is 71.1 Å². The van der Waals surface area contributed by atoms with Gasteiger partial charge in [-0.1, -0.05) is 64.4 Å². The standard InChI is InChI=1S/C18H31N/c1-14(2)12-19-13-18(6,15(3)4)11-17-9-7-16(5)8-10-17/h7-10,14-15,19H,11-13H2,1-6H3. The van der Waals surface area contributed by atoms with Crippen LogP contribution < -0.4 is 5.32 Å². The van der Waals surface area contributed by atoms with Crippen LogP contribution in [0.25, 0.3) is 0 Å². The lowest BCUT2D eigenvalue weighted by molar-refractivity contribution is 0.205. The van der Waals surface area contributed by atoms with Crippen LogP contribution in [0.15, 0.2) is 24.3 Å². The first-order chi connectivity index (χ1) is 8.83. The van der Waals surface area contributed by atoms with E-state index in [1.165, 1.54) is 11.1 Å². The third kappa shape index (κ3) is 5.36. The second-order valence-corrected chi connectivity index (χ2v) is 7.00. The van der Waals surface area contributed by atoms with Gasteiger partial charge in [-0.25, -0.2) is 0 Å². The molecule has 0 fully saturated rings. The molecule has 0 radical (unpaired) electrons. The minimum atomic E-state index is 0.324. The minimum Gasteiger partial charge on any atom is -0.316 e. The van der Waals surface area contributed by atoms with E-state index >= 15 is 0 Å². The van der Waals surface area contributed by atoms with Gasteiger partial charge < -0.3 is 5.32 Å². The second-order valence-electron chi connectivity index (χ2n) is 7.00. The molecule has 0 saturated carbocycles. The molecule has 0 aliphatic carbocycles. The third-order valence-electron chi connectivity index (χ3n) is 4.20. The Morgan fingerprint density at radius 2 is 1.63 bits per heavy atom. The van der Waals surface area contributed by atoms with Crippen molar-refractivity contribution in [1.82, 2.24) is 5.32 Å². The lowest BCUT2D eigenvalue weighted by Gasteiger charge is -2.35. The van der Waals surface area contributed by atoms with Crippen molar-refractivity contribution in [1.29, 1.82) is 0 Å². The fourth-order valence-corrected chi connectivity index (χ4v) is 2.29. The van der Waals surface area contributed by atoms with Gasteiger partial charge in [-0.05, 0) is 42.7 Å². The number of nitrogens with one attached hydrogen (secondary N) is 1. The number of aryl methyl sites for hydroxylation is 1. The predicted octanol–water partition coefficient (Wildman–Crippen LogP) is 4.45. The maximum atomic E-state index is 3.64. The van der Waals surface area contributed by atoms with Gasteiger partial charge in [0.05, 0.1) is 0 Å². The predicted molar refractivity (Wildman–Crippen MR) is 85.5 cm³/mol. The van der Waals surface area contributed by atoms with Gasteiger partial charge in [0.15, 0.2) is 0 Å². The fraction of sp³-hybridized carbons (Fsp3) is 0.667. The Morgan fingerprint density at radius 3 is 2.11 bits per heavy atom. The molecule has 1 aromatic carbocycles. The zero-order valence-electron chi connectivity index (χ0n) is 13.6. The van der Waals surface area contributed by atoms with E-state index in [1.807, 2.05) is 0 Å². The monoisotopic (exact) mass is 261 g/mol. The van der Waals surface area contributed by atoms with Crippen LogP contribution in [0.3, 0.4) is 0 Å². The second kappa shape index (κ2) is 7.09. The molecule has 0 bridgehead atoms. The molecule has 19 heavy (non-hydrogen) atoms. The van der Waals surface area contributed by atoms with E-state index in [0.717, 1.165) is 25.4 Å². The Bertz CT molecular complexity index is 364. The zero-order chi connectivity index (χ0) is 14.5. The summed E-state index contributed by atoms with van der Waals surface area (Å²) >= 11 is 0. The average Bonchev–Trinajstić information content (AvgIpc) is 2.31. The maximum absolute atomic E-state index is 3.64. The summed E-state index contributed by atoms with van der Waals surface area (Å²) in [4.78, 5) is 0. The summed E-state index contributed by atoms with van der Waals surface area (Å²) in [5.41, 5.74) is 3.12. The molecule has 108 valence electrons. The first kappa shape index (κ1) is 16.2. The van der Waals surface area contributed by atoms with Crippen molar-refractivity contribution in [3.05, 3.63) is 35.4 Å². The van der Waals surface area contributed by atoms with Gasteiger partial charge in [-0.2, -0.15) is 0 Å². The molecule has 0 aromatic heterocycles. The lowest BCUT2D eigenvalue weighted by Crippen LogP contribution is -2.39. The van der Waals surface area contributed by atoms with Crippen LogP contribution in [-0.4, -0.2) is 13.1 Å². The molecule has 1 atom stereocenters. The van der Waals surface area contributed by atoms with Crippen LogP contribution in [0, 0.1) is 24.2 Å². The molecule has 0 heterocycles. The quantitative estimate of drug-likeness (QED) is 0.765. The van der Waals surface area contributed by atoms with Crippen molar-refractivity contribution in [2.45, 2.75) is 48.0 Å². The topological polar surface area (TPSA) is 12.0 Å². The van der Waals surface area contributed by atoms with Crippen molar-refractivity contribution in [2.24, 2.45) is 17.3 Å². The third-order valence-corrected chi connectivity index (χ3v) is 4.20. The van der Waals surface area contributed by atoms with E-state index in [9.17, 15) is 0 Å². The Kier molecular flexibility index (Phi) is 6.06. The number of benzene rings is 1. The van der Waals surface area contributed by atoms with Crippen LogP contribution in [0.5, 0.6) is 0 Å². The zero-order valence-corrected chi connectivity index (χ0v) is 13.6. The van der Waals surface area contributed by atoms with Gasteiger partial charge >= 0.3 is 0 Å². The summed E-state index contributed by atoms with van der Waals surface area (Å²) in [6.07, 6.45) is 1.15. The van der Waals surface area contributed by atoms with Crippen LogP contribution in [0.4, 0.5) is 0 Å². The molecule has 0 aliphatic heterocycles. The Hall–Kier alpha value is -0.820. The van der Waals surface area contributed by atoms with Crippen LogP contribution in [0.2, 0.25) is 0 Å². The van der Waals surface area contributed by atoms with Gasteiger partial charge in [0.25, 0.3) is 0 Å². The fourth-order valence-electron chi connectivity index (χ4n) is 2.29. The molecule has 0 spiro atoms. The largest absolute Gasteiger partial charge is 0.316 e. The van der Waals surface area contributed by atoms with Gasteiger partial charge in [-0.15, -0.1) is 0 Å². The van der Waals surface area contributed by atoms with Gasteiger partial charge in [0, 0.05) is 6.54 Å². The summed E-state index contributed by atoms with van der Waals surface area (Å²) in [6, 6.07) is 8.99. The van der Waals surface area contributed by atoms with Crippen LogP contribution >= 0.6 is 0 Å². The first-order valence-electron chi connectivity index (χ1n) is 7.60. The minimum absolute atomic E-state index is 0.324. The molecule has 0 aliphatic rings. The molecule has 1 rings (SSSR count). The summed E-state index contributed by atoms with van der Waals surface area (Å²) < 4.78 is 0. The first-order valence-corrected chi connectivity index (χ1v) is 7.60. The van der Waals surface area contributed by atoms with Crippen molar-refractivity contribution in [2.75, 3.05) is 13.1 Å². The van der Waals surface area contributed by atoms with E-state index < -0.39 is 0 Å². The van der Waals surface area contributed by atoms with E-state index in [4.69, 9.17) is 0 Å². The Labute approximate surface area is 119 Å². The number of rotatable bonds is 7. The Morgan fingerprint density at radius 1 is 1.05 bits per heavy atom. The molecule has 0 amide bonds. The van der Waals surface area contributed by atoms with Crippen molar-refractivity contribution < 1.29 is 0 Å². The summed E-state index contributed by atoms with van der Waals surface area (Å²) in [6.45, 7) is 16.0. The number of hydrogen-bond acceptors (Lipinski definition) is 1. The molecule has 1 nitrogen and oxygen atoms in total. The van der Waals surface area contributed by atoms with E-state index in [0.29, 0.717) is 11.3 Å². The Balaban J connectivity index is 2.67. The van der Waals surface area contributed by atoms with Crippen molar-refractivity contribution in [3.8, 4) is 0 Å². The van der Waals surface area contributed by atoms with Crippen molar-refractivity contribution >= 4 is 0 Å². The van der Waals surface area contributed by atoms with Gasteiger partial charge in [-0.3, -0.25) is 0 Å². The highest BCUT2D eigenvalue weighted by Crippen LogP contribution is 2.30. The molecule has 1 heteroatoms. The molecular weight excluding hydrogens is 230 g/mol. The normalized spacial score (nSPS) is 14.9. The van der Waals surface area contributed by atoms with Crippen LogP contribution in [-0.2, 0) is 6.42 Å². The highest BCUT2D eigenvalue weighted by atomic mass is 14.9. The SMILES string of the molecule is Cc1ccc(CC(C)(CNCC(C)C)C(C)C)cc1. The smallest absolute Gasteiger partial charge is 0.00109 e. The average molecular weight is 261 g/mol. The summed E-state index contributed by atoms with van der Waals surface area (Å²) in [7, 11) is 0. The van der Waals surface area contributed by atoms with Gasteiger partial charge in [0.1, 0.15) is 0 Å². The maximum Gasteiger partial charge on any atom is 0.00109 e. The number of hydrogen-bond donors (Lipinski definition) is 1. The summed E-state index contributed by atoms with van der Waals surface area (Å²) in [5, 5.41) is 3.64. The highest BCUT2D eigenvalue weighted by Gasteiger charge is 2.28. The molecular formula is C18H31N. The van der Waals surface area contributed by atoms with Crippen LogP contribution in [0.1, 0.15) is 45.7 Å². The highest BCUT2D eigenvalue weighted by molar-refractivity contribution is 5.22. The van der Waals surface area contributed by atoms with E-state index in [-0.39, 0.29) is 0 Å². The molecule has 1 aromatic rings.